The van der Waals surface area contributed by atoms with E-state index in [0.717, 1.165) is 12.8 Å². The molecule has 1 saturated carbocycles. The van der Waals surface area contributed by atoms with Crippen LogP contribution in [0.5, 0.6) is 0 Å². The van der Waals surface area contributed by atoms with Crippen molar-refractivity contribution in [3.05, 3.63) is 23.8 Å². The normalized spacial score (nSPS) is 16.0. The number of aliphatic hydroxyl groups excluding tert-OH is 2. The van der Waals surface area contributed by atoms with E-state index >= 15 is 0 Å². The van der Waals surface area contributed by atoms with Gasteiger partial charge in [-0.25, -0.2) is 9.97 Å². The molecular formula is C17H21N5O3. The first-order valence-electron chi connectivity index (χ1n) is 8.42. The Bertz CT molecular complexity index is 926. The van der Waals surface area contributed by atoms with Crippen molar-refractivity contribution in [1.29, 1.82) is 0 Å². The van der Waals surface area contributed by atoms with E-state index in [2.05, 4.69) is 15.1 Å². The van der Waals surface area contributed by atoms with Gasteiger partial charge in [0.2, 0.25) is 0 Å². The molecule has 0 spiro atoms. The highest BCUT2D eigenvalue weighted by Crippen LogP contribution is 2.47. The second-order valence-electron chi connectivity index (χ2n) is 6.78. The van der Waals surface area contributed by atoms with Crippen LogP contribution in [0.15, 0.2) is 17.0 Å². The van der Waals surface area contributed by atoms with Crippen LogP contribution in [-0.2, 0) is 0 Å². The summed E-state index contributed by atoms with van der Waals surface area (Å²) in [6, 6.07) is 0.159. The second-order valence-corrected chi connectivity index (χ2v) is 6.78. The summed E-state index contributed by atoms with van der Waals surface area (Å²) in [4.78, 5) is 8.46. The molecule has 3 heterocycles. The monoisotopic (exact) mass is 343 g/mol. The Morgan fingerprint density at radius 1 is 1.36 bits per heavy atom. The summed E-state index contributed by atoms with van der Waals surface area (Å²) in [5.41, 5.74) is 8.56. The van der Waals surface area contributed by atoms with Crippen LogP contribution in [-0.4, -0.2) is 36.5 Å². The van der Waals surface area contributed by atoms with Crippen LogP contribution < -0.4 is 5.73 Å². The molecule has 3 aromatic heterocycles. The van der Waals surface area contributed by atoms with E-state index in [4.69, 9.17) is 10.3 Å². The molecule has 0 aromatic carbocycles. The highest BCUT2D eigenvalue weighted by atomic mass is 16.5. The van der Waals surface area contributed by atoms with Crippen LogP contribution in [0.3, 0.4) is 0 Å². The zero-order chi connectivity index (χ0) is 17.7. The zero-order valence-corrected chi connectivity index (χ0v) is 14.2. The van der Waals surface area contributed by atoms with Crippen molar-refractivity contribution in [2.45, 2.75) is 44.8 Å². The third-order valence-corrected chi connectivity index (χ3v) is 4.66. The number of nitrogen functional groups attached to an aromatic ring is 1. The first-order valence-corrected chi connectivity index (χ1v) is 8.42. The summed E-state index contributed by atoms with van der Waals surface area (Å²) < 4.78 is 7.53. The molecule has 0 saturated heterocycles. The minimum absolute atomic E-state index is 0.159. The van der Waals surface area contributed by atoms with Gasteiger partial charge in [0, 0.05) is 23.7 Å². The fraction of sp³-hybridized carbons (Fsp3) is 0.471. The molecule has 0 amide bonds. The van der Waals surface area contributed by atoms with Crippen molar-refractivity contribution in [3.63, 3.8) is 0 Å². The van der Waals surface area contributed by atoms with Crippen molar-refractivity contribution >= 4 is 16.9 Å². The molecule has 0 aliphatic heterocycles. The van der Waals surface area contributed by atoms with Gasteiger partial charge >= 0.3 is 0 Å². The molecule has 1 aliphatic rings. The molecule has 4 rings (SSSR count). The van der Waals surface area contributed by atoms with Crippen LogP contribution >= 0.6 is 0 Å². The van der Waals surface area contributed by atoms with Crippen molar-refractivity contribution < 1.29 is 14.7 Å². The number of nitrogens with zero attached hydrogens (tertiary/aromatic N) is 4. The molecule has 0 radical (unpaired) electrons. The third-order valence-electron chi connectivity index (χ3n) is 4.66. The molecule has 1 unspecified atom stereocenters. The average Bonchev–Trinajstić information content (AvgIpc) is 3.21. The van der Waals surface area contributed by atoms with Gasteiger partial charge in [0.15, 0.2) is 0 Å². The summed E-state index contributed by atoms with van der Waals surface area (Å²) in [6.07, 6.45) is 4.28. The number of anilines is 1. The molecule has 1 fully saturated rings. The number of aromatic nitrogens is 4. The van der Waals surface area contributed by atoms with Crippen molar-refractivity contribution in [2.24, 2.45) is 0 Å². The topological polar surface area (TPSA) is 123 Å². The van der Waals surface area contributed by atoms with Gasteiger partial charge in [-0.3, -0.25) is 0 Å². The fourth-order valence-electron chi connectivity index (χ4n) is 3.24. The van der Waals surface area contributed by atoms with Crippen LogP contribution in [0.1, 0.15) is 56.1 Å². The second kappa shape index (κ2) is 5.82. The highest BCUT2D eigenvalue weighted by molar-refractivity contribution is 6.00. The summed E-state index contributed by atoms with van der Waals surface area (Å²) >= 11 is 0. The SMILES string of the molecule is CC(C)n1cc(-c2noc(C3CC3)c2C(O)CO)c2c(N)ncnc21. The van der Waals surface area contributed by atoms with E-state index < -0.39 is 12.7 Å². The highest BCUT2D eigenvalue weighted by Gasteiger charge is 2.36. The molecule has 25 heavy (non-hydrogen) atoms. The third kappa shape index (κ3) is 2.49. The van der Waals surface area contributed by atoms with E-state index in [1.807, 2.05) is 24.6 Å². The van der Waals surface area contributed by atoms with Gasteiger partial charge in [0.25, 0.3) is 0 Å². The van der Waals surface area contributed by atoms with Crippen molar-refractivity contribution in [2.75, 3.05) is 12.3 Å². The predicted molar refractivity (Wildman–Crippen MR) is 91.8 cm³/mol. The molecule has 1 aliphatic carbocycles. The maximum atomic E-state index is 10.4. The fourth-order valence-corrected chi connectivity index (χ4v) is 3.24. The largest absolute Gasteiger partial charge is 0.393 e. The van der Waals surface area contributed by atoms with E-state index in [-0.39, 0.29) is 12.0 Å². The Balaban J connectivity index is 1.99. The number of hydrogen-bond donors (Lipinski definition) is 3. The van der Waals surface area contributed by atoms with Crippen molar-refractivity contribution in [3.8, 4) is 11.3 Å². The average molecular weight is 343 g/mol. The van der Waals surface area contributed by atoms with E-state index in [0.29, 0.717) is 39.4 Å². The Morgan fingerprint density at radius 2 is 2.12 bits per heavy atom. The van der Waals surface area contributed by atoms with Gasteiger partial charge in [-0.2, -0.15) is 0 Å². The number of hydrogen-bond acceptors (Lipinski definition) is 7. The molecule has 8 nitrogen and oxygen atoms in total. The van der Waals surface area contributed by atoms with Crippen molar-refractivity contribution in [1.82, 2.24) is 19.7 Å². The molecule has 3 aromatic rings. The standard InChI is InChI=1S/C17H21N5O3/c1-8(2)22-5-10(12-16(18)19-7-20-17(12)22)14-13(11(24)6-23)15(25-21-14)9-3-4-9/h5,7-9,11,23-24H,3-4,6H2,1-2H3,(H2,18,19,20). The Morgan fingerprint density at radius 3 is 2.76 bits per heavy atom. The number of fused-ring (bicyclic) bond motifs is 1. The first-order chi connectivity index (χ1) is 12.0. The van der Waals surface area contributed by atoms with Gasteiger partial charge in [0.1, 0.15) is 35.4 Å². The zero-order valence-electron chi connectivity index (χ0n) is 14.2. The molecular weight excluding hydrogens is 322 g/mol. The molecule has 0 bridgehead atoms. The van der Waals surface area contributed by atoms with Gasteiger partial charge < -0.3 is 25.0 Å². The number of nitrogens with two attached hydrogens (primary N) is 1. The molecule has 8 heteroatoms. The maximum absolute atomic E-state index is 10.4. The quantitative estimate of drug-likeness (QED) is 0.648. The lowest BCUT2D eigenvalue weighted by molar-refractivity contribution is 0.0943. The predicted octanol–water partition coefficient (Wildman–Crippen LogP) is 2.15. The summed E-state index contributed by atoms with van der Waals surface area (Å²) in [7, 11) is 0. The lowest BCUT2D eigenvalue weighted by atomic mass is 10.00. The first kappa shape index (κ1) is 16.0. The maximum Gasteiger partial charge on any atom is 0.146 e. The number of aliphatic hydroxyl groups is 2. The minimum atomic E-state index is -1.06. The van der Waals surface area contributed by atoms with Gasteiger partial charge in [-0.15, -0.1) is 0 Å². The van der Waals surface area contributed by atoms with Gasteiger partial charge in [-0.05, 0) is 26.7 Å². The van der Waals surface area contributed by atoms with Crippen LogP contribution in [0.4, 0.5) is 5.82 Å². The van der Waals surface area contributed by atoms with E-state index in [1.165, 1.54) is 6.33 Å². The summed E-state index contributed by atoms with van der Waals surface area (Å²) in [5, 5.41) is 24.7. The van der Waals surface area contributed by atoms with Gasteiger partial charge in [0.05, 0.1) is 17.6 Å². The molecule has 1 atom stereocenters. The Kier molecular flexibility index (Phi) is 3.73. The number of rotatable bonds is 5. The summed E-state index contributed by atoms with van der Waals surface area (Å²) in [5.74, 6) is 1.25. The minimum Gasteiger partial charge on any atom is -0.393 e. The smallest absolute Gasteiger partial charge is 0.146 e. The van der Waals surface area contributed by atoms with Crippen LogP contribution in [0, 0.1) is 0 Å². The van der Waals surface area contributed by atoms with E-state index in [1.54, 1.807) is 0 Å². The van der Waals surface area contributed by atoms with E-state index in [9.17, 15) is 10.2 Å². The molecule has 132 valence electrons. The van der Waals surface area contributed by atoms with Gasteiger partial charge in [-0.1, -0.05) is 5.16 Å². The Hall–Kier alpha value is -2.45. The summed E-state index contributed by atoms with van der Waals surface area (Å²) in [6.45, 7) is 3.69. The lowest BCUT2D eigenvalue weighted by Gasteiger charge is -2.08. The Labute approximate surface area is 144 Å². The van der Waals surface area contributed by atoms with Crippen LogP contribution in [0.2, 0.25) is 0 Å². The molecule has 4 N–H and O–H groups in total. The lowest BCUT2D eigenvalue weighted by Crippen LogP contribution is -2.05. The van der Waals surface area contributed by atoms with Crippen LogP contribution in [0.25, 0.3) is 22.3 Å².